The molecule has 0 saturated heterocycles. The molecule has 0 spiro atoms. The van der Waals surface area contributed by atoms with Crippen LogP contribution in [0.1, 0.15) is 5.56 Å². The Hall–Kier alpha value is -2.81. The van der Waals surface area contributed by atoms with Crippen molar-refractivity contribution in [2.45, 2.75) is 6.92 Å². The van der Waals surface area contributed by atoms with Crippen molar-refractivity contribution in [3.8, 4) is 11.6 Å². The first kappa shape index (κ1) is 13.6. The van der Waals surface area contributed by atoms with Gasteiger partial charge in [-0.2, -0.15) is 4.98 Å². The Morgan fingerprint density at radius 2 is 2.25 bits per heavy atom. The van der Waals surface area contributed by atoms with E-state index in [1.54, 1.807) is 6.92 Å². The van der Waals surface area contributed by atoms with Gasteiger partial charge in [0.25, 0.3) is 0 Å². The molecule has 0 bridgehead atoms. The Morgan fingerprint density at radius 1 is 1.50 bits per heavy atom. The topological polar surface area (TPSA) is 116 Å². The number of anilines is 1. The highest BCUT2D eigenvalue weighted by molar-refractivity contribution is 5.45. The van der Waals surface area contributed by atoms with E-state index >= 15 is 0 Å². The Labute approximate surface area is 112 Å². The molecule has 0 saturated carbocycles. The van der Waals surface area contributed by atoms with Crippen LogP contribution in [0.2, 0.25) is 0 Å². The first-order valence-corrected chi connectivity index (χ1v) is 5.43. The number of hydrogen-bond donors (Lipinski definition) is 2. The van der Waals surface area contributed by atoms with Crippen molar-refractivity contribution < 1.29 is 14.1 Å². The average Bonchev–Trinajstić information content (AvgIpc) is 2.42. The molecule has 1 heterocycles. The highest BCUT2D eigenvalue weighted by atomic mass is 19.1. The summed E-state index contributed by atoms with van der Waals surface area (Å²) in [6.45, 7) is 1.59. The number of halogens is 1. The quantitative estimate of drug-likeness (QED) is 0.498. The number of rotatable bonds is 4. The summed E-state index contributed by atoms with van der Waals surface area (Å²) in [6.07, 6.45) is 0.947. The Balaban J connectivity index is 2.40. The van der Waals surface area contributed by atoms with E-state index in [0.717, 1.165) is 12.3 Å². The third-order valence-electron chi connectivity index (χ3n) is 2.42. The zero-order valence-electron chi connectivity index (χ0n) is 10.3. The van der Waals surface area contributed by atoms with E-state index in [9.17, 15) is 14.5 Å². The van der Waals surface area contributed by atoms with Crippen LogP contribution in [0.3, 0.4) is 0 Å². The number of nitro groups is 1. The zero-order valence-corrected chi connectivity index (χ0v) is 10.3. The van der Waals surface area contributed by atoms with Crippen molar-refractivity contribution in [3.63, 3.8) is 0 Å². The van der Waals surface area contributed by atoms with Gasteiger partial charge in [0, 0.05) is 6.07 Å². The van der Waals surface area contributed by atoms with Crippen molar-refractivity contribution in [2.75, 3.05) is 5.43 Å². The maximum Gasteiger partial charge on any atom is 0.349 e. The van der Waals surface area contributed by atoms with Crippen molar-refractivity contribution in [2.24, 2.45) is 5.84 Å². The molecule has 104 valence electrons. The van der Waals surface area contributed by atoms with Gasteiger partial charge in [-0.3, -0.25) is 15.5 Å². The van der Waals surface area contributed by atoms with Crippen molar-refractivity contribution in [1.29, 1.82) is 0 Å². The number of ether oxygens (including phenoxy) is 1. The van der Waals surface area contributed by atoms with E-state index in [-0.39, 0.29) is 17.6 Å². The normalized spacial score (nSPS) is 10.2. The van der Waals surface area contributed by atoms with Crippen LogP contribution in [0.4, 0.5) is 16.0 Å². The number of hydrogen-bond acceptors (Lipinski definition) is 7. The SMILES string of the molecule is Cc1ccc(Oc2nc(NN)ncc2[N+](=O)[O-])cc1F. The lowest BCUT2D eigenvalue weighted by molar-refractivity contribution is -0.386. The fourth-order valence-corrected chi connectivity index (χ4v) is 1.38. The van der Waals surface area contributed by atoms with E-state index in [1.165, 1.54) is 12.1 Å². The Bertz CT molecular complexity index is 665. The van der Waals surface area contributed by atoms with Gasteiger partial charge in [-0.25, -0.2) is 15.2 Å². The molecular weight excluding hydrogens is 269 g/mol. The van der Waals surface area contributed by atoms with Crippen LogP contribution in [-0.2, 0) is 0 Å². The number of aromatic nitrogens is 2. The van der Waals surface area contributed by atoms with Gasteiger partial charge in [0.2, 0.25) is 5.95 Å². The summed E-state index contributed by atoms with van der Waals surface area (Å²) >= 11 is 0. The van der Waals surface area contributed by atoms with Gasteiger partial charge < -0.3 is 4.74 Å². The predicted octanol–water partition coefficient (Wildman–Crippen LogP) is 1.91. The fourth-order valence-electron chi connectivity index (χ4n) is 1.38. The van der Waals surface area contributed by atoms with Crippen LogP contribution in [0, 0.1) is 22.9 Å². The molecule has 9 heteroatoms. The lowest BCUT2D eigenvalue weighted by atomic mass is 10.2. The number of benzene rings is 1. The zero-order chi connectivity index (χ0) is 14.7. The highest BCUT2D eigenvalue weighted by Gasteiger charge is 2.19. The summed E-state index contributed by atoms with van der Waals surface area (Å²) in [7, 11) is 0. The van der Waals surface area contributed by atoms with Crippen LogP contribution in [0.5, 0.6) is 11.6 Å². The molecule has 0 aliphatic carbocycles. The highest BCUT2D eigenvalue weighted by Crippen LogP contribution is 2.29. The molecular formula is C11H10FN5O3. The van der Waals surface area contributed by atoms with Gasteiger partial charge >= 0.3 is 11.6 Å². The number of nitrogens with two attached hydrogens (primary N) is 1. The third-order valence-corrected chi connectivity index (χ3v) is 2.42. The number of nitrogens with one attached hydrogen (secondary N) is 1. The molecule has 0 fully saturated rings. The molecule has 1 aromatic carbocycles. The fraction of sp³-hybridized carbons (Fsp3) is 0.0909. The maximum atomic E-state index is 13.4. The monoisotopic (exact) mass is 279 g/mol. The second kappa shape index (κ2) is 5.45. The van der Waals surface area contributed by atoms with E-state index in [1.807, 2.05) is 0 Å². The number of aryl methyl sites for hydroxylation is 1. The Kier molecular flexibility index (Phi) is 3.71. The molecule has 0 amide bonds. The van der Waals surface area contributed by atoms with Gasteiger partial charge in [0.05, 0.1) is 4.92 Å². The second-order valence-corrected chi connectivity index (χ2v) is 3.80. The smallest absolute Gasteiger partial charge is 0.349 e. The summed E-state index contributed by atoms with van der Waals surface area (Å²) in [5.41, 5.74) is 2.12. The molecule has 2 aromatic rings. The molecule has 8 nitrogen and oxygen atoms in total. The maximum absolute atomic E-state index is 13.4. The van der Waals surface area contributed by atoms with Gasteiger partial charge in [-0.1, -0.05) is 6.07 Å². The molecule has 0 radical (unpaired) electrons. The molecule has 20 heavy (non-hydrogen) atoms. The summed E-state index contributed by atoms with van der Waals surface area (Å²) < 4.78 is 18.6. The van der Waals surface area contributed by atoms with Crippen molar-refractivity contribution in [1.82, 2.24) is 9.97 Å². The van der Waals surface area contributed by atoms with E-state index in [4.69, 9.17) is 10.6 Å². The van der Waals surface area contributed by atoms with Crippen LogP contribution < -0.4 is 16.0 Å². The predicted molar refractivity (Wildman–Crippen MR) is 67.7 cm³/mol. The number of nitrogens with zero attached hydrogens (tertiary/aromatic N) is 3. The first-order valence-electron chi connectivity index (χ1n) is 5.43. The second-order valence-electron chi connectivity index (χ2n) is 3.80. The van der Waals surface area contributed by atoms with Crippen LogP contribution in [0.25, 0.3) is 0 Å². The van der Waals surface area contributed by atoms with Gasteiger partial charge in [0.15, 0.2) is 0 Å². The molecule has 0 unspecified atom stereocenters. The minimum absolute atomic E-state index is 0.0572. The lowest BCUT2D eigenvalue weighted by Crippen LogP contribution is -2.11. The van der Waals surface area contributed by atoms with Crippen molar-refractivity contribution >= 4 is 11.6 Å². The van der Waals surface area contributed by atoms with E-state index < -0.39 is 16.4 Å². The van der Waals surface area contributed by atoms with Gasteiger partial charge in [0.1, 0.15) is 17.8 Å². The van der Waals surface area contributed by atoms with E-state index in [2.05, 4.69) is 15.4 Å². The molecule has 0 aliphatic heterocycles. The number of nitrogen functional groups attached to an aromatic ring is 1. The van der Waals surface area contributed by atoms with Crippen LogP contribution in [-0.4, -0.2) is 14.9 Å². The minimum Gasteiger partial charge on any atom is -0.433 e. The molecule has 0 atom stereocenters. The molecule has 2 rings (SSSR count). The van der Waals surface area contributed by atoms with Crippen LogP contribution >= 0.6 is 0 Å². The third kappa shape index (κ3) is 2.78. The van der Waals surface area contributed by atoms with E-state index in [0.29, 0.717) is 5.56 Å². The molecule has 3 N–H and O–H groups in total. The summed E-state index contributed by atoms with van der Waals surface area (Å²) in [6, 6.07) is 4.07. The average molecular weight is 279 g/mol. The Morgan fingerprint density at radius 3 is 2.85 bits per heavy atom. The van der Waals surface area contributed by atoms with Crippen LogP contribution in [0.15, 0.2) is 24.4 Å². The van der Waals surface area contributed by atoms with Gasteiger partial charge in [-0.15, -0.1) is 0 Å². The number of hydrazine groups is 1. The summed E-state index contributed by atoms with van der Waals surface area (Å²) in [4.78, 5) is 17.5. The largest absolute Gasteiger partial charge is 0.433 e. The summed E-state index contributed by atoms with van der Waals surface area (Å²) in [5.74, 6) is 4.32. The van der Waals surface area contributed by atoms with Crippen molar-refractivity contribution in [3.05, 3.63) is 45.9 Å². The molecule has 0 aliphatic rings. The van der Waals surface area contributed by atoms with Gasteiger partial charge in [-0.05, 0) is 18.6 Å². The standard InChI is InChI=1S/C11H10FN5O3/c1-6-2-3-7(4-8(6)12)20-10-9(17(18)19)5-14-11(15-10)16-13/h2-5H,13H2,1H3,(H,14,15,16). The first-order chi connectivity index (χ1) is 9.51. The lowest BCUT2D eigenvalue weighted by Gasteiger charge is -2.07. The minimum atomic E-state index is -0.708. The molecule has 1 aromatic heterocycles. The summed E-state index contributed by atoms with van der Waals surface area (Å²) in [5, 5.41) is 10.9.